The standard InChI is InChI=1S/C16H26N2O/c1-4-6-12-18(15-10-8-7-9-11-15)16(19)13-14(3)17-5-2/h7-11,14,17H,4-6,12-13H2,1-3H3. The summed E-state index contributed by atoms with van der Waals surface area (Å²) >= 11 is 0. The van der Waals surface area contributed by atoms with Crippen LogP contribution in [-0.4, -0.2) is 25.0 Å². The molecule has 106 valence electrons. The van der Waals surface area contributed by atoms with Gasteiger partial charge < -0.3 is 10.2 Å². The highest BCUT2D eigenvalue weighted by atomic mass is 16.2. The van der Waals surface area contributed by atoms with E-state index in [1.165, 1.54) is 0 Å². The summed E-state index contributed by atoms with van der Waals surface area (Å²) in [4.78, 5) is 14.3. The second kappa shape index (κ2) is 8.70. The zero-order valence-electron chi connectivity index (χ0n) is 12.4. The van der Waals surface area contributed by atoms with Gasteiger partial charge in [0.1, 0.15) is 0 Å². The van der Waals surface area contributed by atoms with E-state index in [4.69, 9.17) is 0 Å². The summed E-state index contributed by atoms with van der Waals surface area (Å²) in [6.07, 6.45) is 2.68. The molecule has 1 atom stereocenters. The summed E-state index contributed by atoms with van der Waals surface area (Å²) in [7, 11) is 0. The van der Waals surface area contributed by atoms with Crippen LogP contribution in [0.3, 0.4) is 0 Å². The third kappa shape index (κ3) is 5.43. The molecule has 3 heteroatoms. The topological polar surface area (TPSA) is 32.3 Å². The number of carbonyl (C=O) groups excluding carboxylic acids is 1. The SMILES string of the molecule is CCCCN(C(=O)CC(C)NCC)c1ccccc1. The van der Waals surface area contributed by atoms with Crippen LogP contribution < -0.4 is 10.2 Å². The normalized spacial score (nSPS) is 12.2. The number of benzene rings is 1. The highest BCUT2D eigenvalue weighted by Crippen LogP contribution is 2.16. The molecule has 0 aliphatic carbocycles. The maximum Gasteiger partial charge on any atom is 0.228 e. The molecular weight excluding hydrogens is 236 g/mol. The predicted octanol–water partition coefficient (Wildman–Crippen LogP) is 3.21. The number of anilines is 1. The molecule has 0 spiro atoms. The molecule has 0 heterocycles. The number of nitrogens with zero attached hydrogens (tertiary/aromatic N) is 1. The fourth-order valence-corrected chi connectivity index (χ4v) is 2.11. The van der Waals surface area contributed by atoms with Gasteiger partial charge in [0, 0.05) is 24.7 Å². The Labute approximate surface area is 117 Å². The van der Waals surface area contributed by atoms with Crippen LogP contribution in [0.15, 0.2) is 30.3 Å². The van der Waals surface area contributed by atoms with Crippen LogP contribution in [0.4, 0.5) is 5.69 Å². The third-order valence-corrected chi connectivity index (χ3v) is 3.14. The molecule has 0 aliphatic rings. The maximum atomic E-state index is 12.4. The van der Waals surface area contributed by atoms with E-state index in [0.29, 0.717) is 6.42 Å². The molecule has 0 saturated carbocycles. The van der Waals surface area contributed by atoms with E-state index in [1.807, 2.05) is 35.2 Å². The Bertz CT molecular complexity index is 364. The van der Waals surface area contributed by atoms with Crippen LogP contribution in [-0.2, 0) is 4.79 Å². The summed E-state index contributed by atoms with van der Waals surface area (Å²) in [5, 5.41) is 3.29. The first-order valence-electron chi connectivity index (χ1n) is 7.27. The van der Waals surface area contributed by atoms with E-state index >= 15 is 0 Å². The number of carbonyl (C=O) groups is 1. The number of rotatable bonds is 8. The maximum absolute atomic E-state index is 12.4. The van der Waals surface area contributed by atoms with Gasteiger partial charge in [-0.05, 0) is 32.0 Å². The number of nitrogens with one attached hydrogen (secondary N) is 1. The van der Waals surface area contributed by atoms with Crippen LogP contribution in [0.25, 0.3) is 0 Å². The van der Waals surface area contributed by atoms with Crippen LogP contribution >= 0.6 is 0 Å². The van der Waals surface area contributed by atoms with E-state index in [9.17, 15) is 4.79 Å². The Kier molecular flexibility index (Phi) is 7.19. The molecule has 0 bridgehead atoms. The van der Waals surface area contributed by atoms with E-state index < -0.39 is 0 Å². The second-order valence-electron chi connectivity index (χ2n) is 4.90. The molecule has 0 fully saturated rings. The average molecular weight is 262 g/mol. The first kappa shape index (κ1) is 15.7. The Hall–Kier alpha value is -1.35. The van der Waals surface area contributed by atoms with Gasteiger partial charge >= 0.3 is 0 Å². The monoisotopic (exact) mass is 262 g/mol. The van der Waals surface area contributed by atoms with Crippen molar-refractivity contribution in [3.05, 3.63) is 30.3 Å². The molecule has 1 rings (SSSR count). The van der Waals surface area contributed by atoms with Crippen molar-refractivity contribution in [2.75, 3.05) is 18.0 Å². The Morgan fingerprint density at radius 3 is 2.53 bits per heavy atom. The van der Waals surface area contributed by atoms with Crippen molar-refractivity contribution in [2.24, 2.45) is 0 Å². The van der Waals surface area contributed by atoms with E-state index in [0.717, 1.165) is 31.6 Å². The number of unbranched alkanes of at least 4 members (excludes halogenated alkanes) is 1. The minimum absolute atomic E-state index is 0.202. The van der Waals surface area contributed by atoms with Gasteiger partial charge in [-0.3, -0.25) is 4.79 Å². The second-order valence-corrected chi connectivity index (χ2v) is 4.90. The lowest BCUT2D eigenvalue weighted by atomic mass is 10.1. The van der Waals surface area contributed by atoms with Gasteiger partial charge in [0.2, 0.25) is 5.91 Å². The van der Waals surface area contributed by atoms with Crippen molar-refractivity contribution in [1.29, 1.82) is 0 Å². The Morgan fingerprint density at radius 1 is 1.26 bits per heavy atom. The highest BCUT2D eigenvalue weighted by Gasteiger charge is 2.17. The molecule has 1 amide bonds. The highest BCUT2D eigenvalue weighted by molar-refractivity contribution is 5.93. The third-order valence-electron chi connectivity index (χ3n) is 3.14. The predicted molar refractivity (Wildman–Crippen MR) is 81.5 cm³/mol. The Balaban J connectivity index is 2.71. The van der Waals surface area contributed by atoms with Gasteiger partial charge in [0.15, 0.2) is 0 Å². The van der Waals surface area contributed by atoms with E-state index in [-0.39, 0.29) is 11.9 Å². The lowest BCUT2D eigenvalue weighted by Crippen LogP contribution is -2.37. The lowest BCUT2D eigenvalue weighted by Gasteiger charge is -2.24. The first-order chi connectivity index (χ1) is 9.19. The van der Waals surface area contributed by atoms with Crippen molar-refractivity contribution in [3.8, 4) is 0 Å². The molecular formula is C16H26N2O. The van der Waals surface area contributed by atoms with Gasteiger partial charge in [-0.2, -0.15) is 0 Å². The molecule has 0 radical (unpaired) electrons. The number of para-hydroxylation sites is 1. The fraction of sp³-hybridized carbons (Fsp3) is 0.562. The van der Waals surface area contributed by atoms with Crippen molar-refractivity contribution in [1.82, 2.24) is 5.32 Å². The minimum Gasteiger partial charge on any atom is -0.314 e. The largest absolute Gasteiger partial charge is 0.314 e. The van der Waals surface area contributed by atoms with Gasteiger partial charge in [-0.15, -0.1) is 0 Å². The van der Waals surface area contributed by atoms with E-state index in [1.54, 1.807) is 0 Å². The van der Waals surface area contributed by atoms with Gasteiger partial charge in [-0.25, -0.2) is 0 Å². The zero-order chi connectivity index (χ0) is 14.1. The minimum atomic E-state index is 0.202. The van der Waals surface area contributed by atoms with Gasteiger partial charge in [0.25, 0.3) is 0 Å². The molecule has 1 aromatic carbocycles. The number of hydrogen-bond donors (Lipinski definition) is 1. The van der Waals surface area contributed by atoms with Crippen LogP contribution in [0.5, 0.6) is 0 Å². The number of amides is 1. The fourth-order valence-electron chi connectivity index (χ4n) is 2.11. The molecule has 0 aliphatic heterocycles. The lowest BCUT2D eigenvalue weighted by molar-refractivity contribution is -0.119. The van der Waals surface area contributed by atoms with Crippen molar-refractivity contribution >= 4 is 11.6 Å². The van der Waals surface area contributed by atoms with Crippen LogP contribution in [0.1, 0.15) is 40.0 Å². The smallest absolute Gasteiger partial charge is 0.228 e. The summed E-state index contributed by atoms with van der Waals surface area (Å²) < 4.78 is 0. The molecule has 1 N–H and O–H groups in total. The molecule has 19 heavy (non-hydrogen) atoms. The van der Waals surface area contributed by atoms with Crippen LogP contribution in [0, 0.1) is 0 Å². The van der Waals surface area contributed by atoms with E-state index in [2.05, 4.69) is 26.1 Å². The van der Waals surface area contributed by atoms with Gasteiger partial charge in [-0.1, -0.05) is 38.5 Å². The van der Waals surface area contributed by atoms with Crippen molar-refractivity contribution in [3.63, 3.8) is 0 Å². The van der Waals surface area contributed by atoms with Crippen molar-refractivity contribution in [2.45, 2.75) is 46.1 Å². The molecule has 1 aromatic rings. The molecule has 3 nitrogen and oxygen atoms in total. The van der Waals surface area contributed by atoms with Crippen LogP contribution in [0.2, 0.25) is 0 Å². The molecule has 0 aromatic heterocycles. The summed E-state index contributed by atoms with van der Waals surface area (Å²) in [6, 6.07) is 10.2. The average Bonchev–Trinajstić information content (AvgIpc) is 2.40. The first-order valence-corrected chi connectivity index (χ1v) is 7.27. The Morgan fingerprint density at radius 2 is 1.95 bits per heavy atom. The van der Waals surface area contributed by atoms with Crippen molar-refractivity contribution < 1.29 is 4.79 Å². The quantitative estimate of drug-likeness (QED) is 0.780. The summed E-state index contributed by atoms with van der Waals surface area (Å²) in [6.45, 7) is 7.97. The summed E-state index contributed by atoms with van der Waals surface area (Å²) in [5.74, 6) is 0.202. The summed E-state index contributed by atoms with van der Waals surface area (Å²) in [5.41, 5.74) is 1.00. The van der Waals surface area contributed by atoms with Gasteiger partial charge in [0.05, 0.1) is 0 Å². The zero-order valence-corrected chi connectivity index (χ0v) is 12.4. The number of hydrogen-bond acceptors (Lipinski definition) is 2. The molecule has 0 saturated heterocycles. The molecule has 1 unspecified atom stereocenters.